The molecular formula is C31H39N3O4S. The molecule has 0 saturated heterocycles. The maximum absolute atomic E-state index is 13.9. The van der Waals surface area contributed by atoms with Crippen LogP contribution < -0.4 is 9.62 Å². The first-order valence-electron chi connectivity index (χ1n) is 13.3. The Morgan fingerprint density at radius 3 is 2.10 bits per heavy atom. The van der Waals surface area contributed by atoms with Crippen LogP contribution in [0.5, 0.6) is 0 Å². The van der Waals surface area contributed by atoms with E-state index in [9.17, 15) is 18.0 Å². The summed E-state index contributed by atoms with van der Waals surface area (Å²) in [7, 11) is -4.07. The van der Waals surface area contributed by atoms with Crippen molar-refractivity contribution in [2.75, 3.05) is 17.4 Å². The van der Waals surface area contributed by atoms with Gasteiger partial charge in [0.1, 0.15) is 12.6 Å². The third-order valence-electron chi connectivity index (χ3n) is 6.92. The van der Waals surface area contributed by atoms with Crippen molar-refractivity contribution < 1.29 is 18.0 Å². The minimum absolute atomic E-state index is 0.0450. The lowest BCUT2D eigenvalue weighted by molar-refractivity contribution is -0.139. The van der Waals surface area contributed by atoms with E-state index in [1.807, 2.05) is 70.2 Å². The summed E-state index contributed by atoms with van der Waals surface area (Å²) < 4.78 is 29.0. The second-order valence-corrected chi connectivity index (χ2v) is 11.8. The lowest BCUT2D eigenvalue weighted by atomic mass is 10.1. The summed E-state index contributed by atoms with van der Waals surface area (Å²) in [6, 6.07) is 22.5. The van der Waals surface area contributed by atoms with Gasteiger partial charge < -0.3 is 10.2 Å². The first-order chi connectivity index (χ1) is 18.5. The van der Waals surface area contributed by atoms with Crippen LogP contribution in [0.4, 0.5) is 5.69 Å². The topological polar surface area (TPSA) is 86.8 Å². The first-order valence-corrected chi connectivity index (χ1v) is 14.8. The highest BCUT2D eigenvalue weighted by Gasteiger charge is 2.33. The number of sulfonamides is 1. The van der Waals surface area contributed by atoms with Crippen LogP contribution in [-0.4, -0.2) is 50.3 Å². The molecule has 0 unspecified atom stereocenters. The van der Waals surface area contributed by atoms with E-state index in [1.54, 1.807) is 43.3 Å². The summed E-state index contributed by atoms with van der Waals surface area (Å²) in [4.78, 5) is 28.6. The van der Waals surface area contributed by atoms with Crippen molar-refractivity contribution in [1.29, 1.82) is 0 Å². The normalized spacial score (nSPS) is 12.8. The molecule has 7 nitrogen and oxygen atoms in total. The molecule has 0 heterocycles. The van der Waals surface area contributed by atoms with Crippen LogP contribution in [0.15, 0.2) is 83.8 Å². The molecule has 0 aliphatic rings. The number of carbonyl (C=O) groups is 2. The van der Waals surface area contributed by atoms with Gasteiger partial charge in [0.2, 0.25) is 11.8 Å². The highest BCUT2D eigenvalue weighted by Crippen LogP contribution is 2.27. The van der Waals surface area contributed by atoms with Gasteiger partial charge in [0.25, 0.3) is 10.0 Å². The predicted octanol–water partition coefficient (Wildman–Crippen LogP) is 4.87. The van der Waals surface area contributed by atoms with Gasteiger partial charge in [-0.1, -0.05) is 73.2 Å². The largest absolute Gasteiger partial charge is 0.352 e. The molecule has 1 N–H and O–H groups in total. The monoisotopic (exact) mass is 549 g/mol. The number of amides is 2. The first kappa shape index (κ1) is 29.9. The van der Waals surface area contributed by atoms with E-state index in [0.717, 1.165) is 27.4 Å². The molecule has 0 aromatic heterocycles. The molecule has 3 aromatic carbocycles. The van der Waals surface area contributed by atoms with Crippen LogP contribution in [0, 0.1) is 13.8 Å². The number of benzene rings is 3. The predicted molar refractivity (Wildman–Crippen MR) is 156 cm³/mol. The molecule has 39 heavy (non-hydrogen) atoms. The number of carbonyl (C=O) groups excluding carboxylic acids is 2. The Balaban J connectivity index is 1.98. The maximum Gasteiger partial charge on any atom is 0.264 e. The maximum atomic E-state index is 13.9. The summed E-state index contributed by atoms with van der Waals surface area (Å²) in [6.07, 6.45) is 1.29. The van der Waals surface area contributed by atoms with Crippen molar-refractivity contribution in [3.63, 3.8) is 0 Å². The number of hydrogen-bond donors (Lipinski definition) is 1. The average molecular weight is 550 g/mol. The Hall–Kier alpha value is -3.65. The summed E-state index contributed by atoms with van der Waals surface area (Å²) in [5.74, 6) is -0.716. The number of rotatable bonds is 12. The molecule has 0 saturated carbocycles. The third-order valence-corrected chi connectivity index (χ3v) is 8.70. The van der Waals surface area contributed by atoms with Gasteiger partial charge in [0.15, 0.2) is 0 Å². The van der Waals surface area contributed by atoms with Crippen LogP contribution in [0.1, 0.15) is 43.9 Å². The second kappa shape index (κ2) is 13.4. The van der Waals surface area contributed by atoms with E-state index >= 15 is 0 Å². The Bertz CT molecular complexity index is 1360. The lowest BCUT2D eigenvalue weighted by Gasteiger charge is -2.33. The molecular weight excluding hydrogens is 510 g/mol. The molecule has 3 aromatic rings. The fourth-order valence-corrected chi connectivity index (χ4v) is 5.71. The molecule has 8 heteroatoms. The average Bonchev–Trinajstić information content (AvgIpc) is 2.92. The standard InChI is InChI=1S/C31H39N3O4S/c1-6-25(4)32-31(36)26(5)33(21-20-27-13-8-7-9-14-27)30(35)22-34(29-15-11-10-12-24(29)3)39(37,38)28-18-16-23(2)17-19-28/h7-19,25-26H,6,20-22H2,1-5H3,(H,32,36)/t25-,26-/m0/s1. The molecule has 0 radical (unpaired) electrons. The molecule has 2 atom stereocenters. The van der Waals surface area contributed by atoms with Crippen molar-refractivity contribution >= 4 is 27.5 Å². The van der Waals surface area contributed by atoms with E-state index in [-0.39, 0.29) is 23.4 Å². The Morgan fingerprint density at radius 2 is 1.49 bits per heavy atom. The number of aryl methyl sites for hydroxylation is 2. The van der Waals surface area contributed by atoms with Gasteiger partial charge in [-0.25, -0.2) is 8.42 Å². The second-order valence-electron chi connectivity index (χ2n) is 9.93. The third kappa shape index (κ3) is 7.69. The van der Waals surface area contributed by atoms with Crippen molar-refractivity contribution in [3.8, 4) is 0 Å². The van der Waals surface area contributed by atoms with Crippen molar-refractivity contribution in [3.05, 3.63) is 95.6 Å². The fraction of sp³-hybridized carbons (Fsp3) is 0.355. The van der Waals surface area contributed by atoms with Gasteiger partial charge in [-0.3, -0.25) is 13.9 Å². The van der Waals surface area contributed by atoms with Gasteiger partial charge in [-0.05, 0) is 69.9 Å². The Morgan fingerprint density at radius 1 is 0.872 bits per heavy atom. The molecule has 3 rings (SSSR count). The zero-order valence-electron chi connectivity index (χ0n) is 23.4. The molecule has 2 amide bonds. The van der Waals surface area contributed by atoms with E-state index in [0.29, 0.717) is 12.1 Å². The van der Waals surface area contributed by atoms with E-state index in [1.165, 1.54) is 4.90 Å². The van der Waals surface area contributed by atoms with Gasteiger partial charge >= 0.3 is 0 Å². The summed E-state index contributed by atoms with van der Waals surface area (Å²) >= 11 is 0. The van der Waals surface area contributed by atoms with Crippen molar-refractivity contribution in [2.45, 2.75) is 64.4 Å². The molecule has 0 aliphatic heterocycles. The van der Waals surface area contributed by atoms with Crippen LogP contribution in [-0.2, 0) is 26.0 Å². The minimum Gasteiger partial charge on any atom is -0.352 e. The van der Waals surface area contributed by atoms with Gasteiger partial charge in [-0.2, -0.15) is 0 Å². The highest BCUT2D eigenvalue weighted by molar-refractivity contribution is 7.92. The summed E-state index contributed by atoms with van der Waals surface area (Å²) in [5, 5.41) is 2.95. The van der Waals surface area contributed by atoms with Crippen molar-refractivity contribution in [1.82, 2.24) is 10.2 Å². The number of nitrogens with one attached hydrogen (secondary N) is 1. The number of hydrogen-bond acceptors (Lipinski definition) is 4. The Labute approximate surface area is 232 Å². The molecule has 0 aliphatic carbocycles. The fourth-order valence-electron chi connectivity index (χ4n) is 4.23. The van der Waals surface area contributed by atoms with E-state index in [4.69, 9.17) is 0 Å². The van der Waals surface area contributed by atoms with Gasteiger partial charge in [-0.15, -0.1) is 0 Å². The van der Waals surface area contributed by atoms with Crippen LogP contribution in [0.25, 0.3) is 0 Å². The zero-order chi connectivity index (χ0) is 28.6. The Kier molecular flexibility index (Phi) is 10.3. The van der Waals surface area contributed by atoms with Gasteiger partial charge in [0.05, 0.1) is 10.6 Å². The minimum atomic E-state index is -4.07. The van der Waals surface area contributed by atoms with Crippen LogP contribution in [0.2, 0.25) is 0 Å². The highest BCUT2D eigenvalue weighted by atomic mass is 32.2. The van der Waals surface area contributed by atoms with Gasteiger partial charge in [0, 0.05) is 12.6 Å². The quantitative estimate of drug-likeness (QED) is 0.349. The summed E-state index contributed by atoms with van der Waals surface area (Å²) in [6.45, 7) is 9.11. The number of para-hydroxylation sites is 1. The van der Waals surface area contributed by atoms with Crippen LogP contribution >= 0.6 is 0 Å². The zero-order valence-corrected chi connectivity index (χ0v) is 24.2. The molecule has 208 valence electrons. The van der Waals surface area contributed by atoms with E-state index in [2.05, 4.69) is 5.32 Å². The number of anilines is 1. The molecule has 0 spiro atoms. The van der Waals surface area contributed by atoms with Crippen LogP contribution in [0.3, 0.4) is 0 Å². The van der Waals surface area contributed by atoms with Crippen molar-refractivity contribution in [2.24, 2.45) is 0 Å². The SMILES string of the molecule is CC[C@H](C)NC(=O)[C@H](C)N(CCc1ccccc1)C(=O)CN(c1ccccc1C)S(=O)(=O)c1ccc(C)cc1. The molecule has 0 fully saturated rings. The number of nitrogens with zero attached hydrogens (tertiary/aromatic N) is 2. The lowest BCUT2D eigenvalue weighted by Crippen LogP contribution is -2.53. The smallest absolute Gasteiger partial charge is 0.264 e. The van der Waals surface area contributed by atoms with E-state index < -0.39 is 28.5 Å². The molecule has 0 bridgehead atoms. The summed E-state index contributed by atoms with van der Waals surface area (Å²) in [5.41, 5.74) is 3.10.